The van der Waals surface area contributed by atoms with E-state index in [1.54, 1.807) is 32.6 Å². The lowest BCUT2D eigenvalue weighted by atomic mass is 9.80. The van der Waals surface area contributed by atoms with E-state index in [9.17, 15) is 30.0 Å². The number of aliphatic hydroxyl groups is 3. The number of nitrogens with one attached hydrogen (secondary N) is 1. The zero-order valence-electron chi connectivity index (χ0n) is 30.0. The topological polar surface area (TPSA) is 199 Å². The minimum Gasteiger partial charge on any atom is -0.550 e. The number of benzene rings is 3. The molecule has 5 aliphatic rings. The number of fused-ring (bicyclic) bond motifs is 6. The Balaban J connectivity index is 1.17. The molecule has 5 heterocycles. The predicted molar refractivity (Wildman–Crippen MR) is 189 cm³/mol. The van der Waals surface area contributed by atoms with Crippen LogP contribution in [0.15, 0.2) is 83.6 Å². The lowest BCUT2D eigenvalue weighted by Gasteiger charge is -2.40. The van der Waals surface area contributed by atoms with E-state index in [-0.39, 0.29) is 11.7 Å². The molecule has 55 heavy (non-hydrogen) atoms. The molecule has 3 aromatic rings. The molecule has 4 N–H and O–H groups in total. The highest BCUT2D eigenvalue weighted by atomic mass is 16.7. The molecule has 1 fully saturated rings. The van der Waals surface area contributed by atoms with Crippen LogP contribution in [0.2, 0.25) is 0 Å². The van der Waals surface area contributed by atoms with Crippen molar-refractivity contribution in [2.45, 2.75) is 68.2 Å². The second kappa shape index (κ2) is 15.0. The molecule has 288 valence electrons. The summed E-state index contributed by atoms with van der Waals surface area (Å²) in [7, 11) is 3.14. The van der Waals surface area contributed by atoms with Crippen LogP contribution in [0, 0.1) is 0 Å². The van der Waals surface area contributed by atoms with Crippen LogP contribution in [0.4, 0.5) is 0 Å². The van der Waals surface area contributed by atoms with Gasteiger partial charge in [-0.05, 0) is 23.8 Å². The number of esters is 1. The van der Waals surface area contributed by atoms with Gasteiger partial charge >= 0.3 is 5.97 Å². The van der Waals surface area contributed by atoms with Gasteiger partial charge in [0.25, 0.3) is 0 Å². The number of carboxylic acid groups (broad SMARTS) is 1. The minimum atomic E-state index is -1.75. The van der Waals surface area contributed by atoms with Crippen LogP contribution in [0.3, 0.4) is 0 Å². The van der Waals surface area contributed by atoms with E-state index in [0.717, 1.165) is 38.4 Å². The number of aliphatic carboxylic acids is 1. The molecule has 9 unspecified atom stereocenters. The summed E-state index contributed by atoms with van der Waals surface area (Å²) in [6.07, 6.45) is -3.55. The molecule has 8 rings (SSSR count). The Kier molecular flexibility index (Phi) is 9.96. The van der Waals surface area contributed by atoms with Crippen LogP contribution in [-0.4, -0.2) is 97.2 Å². The van der Waals surface area contributed by atoms with Crippen molar-refractivity contribution in [2.75, 3.05) is 27.4 Å². The van der Waals surface area contributed by atoms with Gasteiger partial charge in [-0.25, -0.2) is 0 Å². The summed E-state index contributed by atoms with van der Waals surface area (Å²) >= 11 is 0. The lowest BCUT2D eigenvalue weighted by Crippen LogP contribution is -3.05. The van der Waals surface area contributed by atoms with Crippen molar-refractivity contribution in [1.29, 1.82) is 0 Å². The zero-order valence-corrected chi connectivity index (χ0v) is 30.0. The van der Waals surface area contributed by atoms with Gasteiger partial charge in [0.1, 0.15) is 79.7 Å². The predicted octanol–water partition coefficient (Wildman–Crippen LogP) is 0.0451. The van der Waals surface area contributed by atoms with Gasteiger partial charge < -0.3 is 58.4 Å². The number of rotatable bonds is 12. The van der Waals surface area contributed by atoms with Crippen LogP contribution in [0.5, 0.6) is 28.7 Å². The van der Waals surface area contributed by atoms with E-state index in [1.165, 1.54) is 0 Å². The van der Waals surface area contributed by atoms with E-state index in [0.29, 0.717) is 42.5 Å². The van der Waals surface area contributed by atoms with Crippen molar-refractivity contribution < 1.29 is 68.1 Å². The van der Waals surface area contributed by atoms with E-state index in [4.69, 9.17) is 33.2 Å². The van der Waals surface area contributed by atoms with Crippen molar-refractivity contribution in [3.05, 3.63) is 101 Å². The average molecular weight is 757 g/mol. The molecule has 5 aliphatic heterocycles. The zero-order chi connectivity index (χ0) is 38.4. The maximum atomic E-state index is 11.9. The highest BCUT2D eigenvalue weighted by Crippen LogP contribution is 2.59. The Hall–Kier alpha value is -5.45. The summed E-state index contributed by atoms with van der Waals surface area (Å²) in [5, 5.41) is 43.2. The molecule has 1 saturated heterocycles. The van der Waals surface area contributed by atoms with Gasteiger partial charge in [0.15, 0.2) is 11.5 Å². The number of allylic oxidation sites excluding steroid dienone is 1. The summed E-state index contributed by atoms with van der Waals surface area (Å²) < 4.78 is 42.2. The summed E-state index contributed by atoms with van der Waals surface area (Å²) in [4.78, 5) is 28.3. The fraction of sp³-hybridized carbons (Fsp3) is 0.375. The first-order chi connectivity index (χ1) is 26.6. The first-order valence-electron chi connectivity index (χ1n) is 17.9. The van der Waals surface area contributed by atoms with Crippen molar-refractivity contribution in [3.8, 4) is 28.7 Å². The Morgan fingerprint density at radius 3 is 2.55 bits per heavy atom. The number of carboxylic acids is 1. The number of carbonyl (C=O) groups excluding carboxylic acids is 2. The fourth-order valence-corrected chi connectivity index (χ4v) is 7.97. The van der Waals surface area contributed by atoms with Crippen molar-refractivity contribution in [1.82, 2.24) is 0 Å². The normalized spacial score (nSPS) is 28.3. The number of methoxy groups -OCH3 is 2. The summed E-state index contributed by atoms with van der Waals surface area (Å²) in [6.45, 7) is 0.502. The third-order valence-corrected chi connectivity index (χ3v) is 10.5. The molecule has 0 bridgehead atoms. The molecular formula is C40H40N2O13. The Labute approximate surface area is 315 Å². The third-order valence-electron chi connectivity index (χ3n) is 10.5. The molecule has 0 aliphatic carbocycles. The van der Waals surface area contributed by atoms with E-state index >= 15 is 0 Å². The number of nitrogens with zero attached hydrogens (tertiary/aromatic N) is 1. The number of carbonyl (C=O) groups is 2. The first-order valence-corrected chi connectivity index (χ1v) is 17.9. The summed E-state index contributed by atoms with van der Waals surface area (Å²) in [5.41, 5.74) is 5.62. The standard InChI is InChI=1S/C40H40N2O13/c1-49-26-9-8-24-33-27(12-20-6-4-3-5-7-20)53-28-14-23(52-40-36(48)35(47)34(46)29(54-40)19-51-31(45)15-30(43)44)13-22(17-42-16-21-10-11-41-25(21)18-42)32(28)39(33)55-37(24)38(26)50-2/h3-11,13-14,16,27,29,33-36,39-40,46-48H,12,15,17-19H2,1-2H3,(H,43,44). The van der Waals surface area contributed by atoms with Crippen LogP contribution >= 0.6 is 0 Å². The first kappa shape index (κ1) is 36.5. The molecular weight excluding hydrogens is 716 g/mol. The molecule has 15 nitrogen and oxygen atoms in total. The molecule has 15 heteroatoms. The van der Waals surface area contributed by atoms with E-state index < -0.39 is 67.9 Å². The Morgan fingerprint density at radius 1 is 0.982 bits per heavy atom. The summed E-state index contributed by atoms with van der Waals surface area (Å²) in [5.74, 6) is -0.714. The van der Waals surface area contributed by atoms with Gasteiger partial charge in [-0.1, -0.05) is 36.4 Å². The van der Waals surface area contributed by atoms with Gasteiger partial charge in [-0.2, -0.15) is 0 Å². The molecule has 3 aromatic carbocycles. The second-order valence-corrected chi connectivity index (χ2v) is 14.0. The van der Waals surface area contributed by atoms with E-state index in [2.05, 4.69) is 11.2 Å². The van der Waals surface area contributed by atoms with Gasteiger partial charge in [0, 0.05) is 35.4 Å². The largest absolute Gasteiger partial charge is 0.550 e. The van der Waals surface area contributed by atoms with Gasteiger partial charge in [0.2, 0.25) is 12.0 Å². The van der Waals surface area contributed by atoms with Crippen molar-refractivity contribution >= 4 is 17.7 Å². The average Bonchev–Trinajstić information content (AvgIpc) is 3.88. The minimum absolute atomic E-state index is 0.226. The smallest absolute Gasteiger partial charge is 0.311 e. The second-order valence-electron chi connectivity index (χ2n) is 14.0. The molecule has 0 saturated carbocycles. The number of ether oxygens (including phenoxy) is 7. The number of quaternary nitrogens is 1. The van der Waals surface area contributed by atoms with Crippen LogP contribution < -0.4 is 33.7 Å². The lowest BCUT2D eigenvalue weighted by molar-refractivity contribution is -0.848. The third kappa shape index (κ3) is 7.00. The molecule has 0 amide bonds. The number of aliphatic hydroxyl groups excluding tert-OH is 3. The Morgan fingerprint density at radius 2 is 1.80 bits per heavy atom. The maximum absolute atomic E-state index is 11.9. The molecule has 0 spiro atoms. The number of hydrogen-bond acceptors (Lipinski definition) is 14. The SMILES string of the molecule is COc1ccc2c(c1OC)OC1c3c(C[NH+]4C=C5C=CN=C5C4)cc(OC4OC(COC(=O)CC(=O)[O-])C(O)C(O)C4O)cc3OC(Cc3ccccc3)C21. The quantitative estimate of drug-likeness (QED) is 0.143. The monoisotopic (exact) mass is 756 g/mol. The van der Waals surface area contributed by atoms with Crippen molar-refractivity contribution in [3.63, 3.8) is 0 Å². The van der Waals surface area contributed by atoms with Crippen LogP contribution in [0.1, 0.15) is 40.7 Å². The molecule has 9 atom stereocenters. The number of hydrogen-bond donors (Lipinski definition) is 4. The van der Waals surface area contributed by atoms with Gasteiger partial charge in [-0.3, -0.25) is 14.7 Å². The maximum Gasteiger partial charge on any atom is 0.311 e. The highest BCUT2D eigenvalue weighted by Gasteiger charge is 2.50. The fourth-order valence-electron chi connectivity index (χ4n) is 7.97. The van der Waals surface area contributed by atoms with Gasteiger partial charge in [-0.15, -0.1) is 0 Å². The van der Waals surface area contributed by atoms with Crippen LogP contribution in [-0.2, 0) is 32.0 Å². The molecule has 0 radical (unpaired) electrons. The van der Waals surface area contributed by atoms with Crippen LogP contribution in [0.25, 0.3) is 0 Å². The van der Waals surface area contributed by atoms with Crippen molar-refractivity contribution in [2.24, 2.45) is 4.99 Å². The number of aliphatic imine (C=N–C) groups is 1. The van der Waals surface area contributed by atoms with E-state index in [1.807, 2.05) is 48.5 Å². The Bertz CT molecular complexity index is 2070. The highest BCUT2D eigenvalue weighted by molar-refractivity contribution is 6.06. The summed E-state index contributed by atoms with van der Waals surface area (Å²) in [6, 6.07) is 17.3. The van der Waals surface area contributed by atoms with Gasteiger partial charge in [0.05, 0.1) is 38.1 Å². The molecule has 0 aromatic heterocycles.